The van der Waals surface area contributed by atoms with Gasteiger partial charge in [-0.05, 0) is 53.5 Å². The van der Waals surface area contributed by atoms with Crippen LogP contribution in [0.5, 0.6) is 11.5 Å². The average molecular weight is 409 g/mol. The standard InChI is InChI=1S/C17H17BrN2O5/c1-10-4-7-15(13(18)8-10)25-11(2)17(21)19-14-6-5-12(20(22)23)9-16(14)24-3/h4-9,11H,1-3H3,(H,19,21)/t11-/m1/s1. The van der Waals surface area contributed by atoms with Crippen LogP contribution in [0.1, 0.15) is 12.5 Å². The molecule has 1 N–H and O–H groups in total. The second-order valence-electron chi connectivity index (χ2n) is 5.32. The number of halogens is 1. The molecule has 0 aromatic heterocycles. The summed E-state index contributed by atoms with van der Waals surface area (Å²) < 4.78 is 11.5. The molecule has 7 nitrogen and oxygen atoms in total. The van der Waals surface area contributed by atoms with E-state index in [2.05, 4.69) is 21.2 Å². The zero-order valence-corrected chi connectivity index (χ0v) is 15.5. The van der Waals surface area contributed by atoms with E-state index in [1.807, 2.05) is 19.1 Å². The van der Waals surface area contributed by atoms with Gasteiger partial charge in [0.2, 0.25) is 0 Å². The van der Waals surface area contributed by atoms with Gasteiger partial charge < -0.3 is 14.8 Å². The third-order valence-electron chi connectivity index (χ3n) is 3.41. The minimum atomic E-state index is -0.779. The Hall–Kier alpha value is -2.61. The molecular weight excluding hydrogens is 392 g/mol. The minimum Gasteiger partial charge on any atom is -0.494 e. The van der Waals surface area contributed by atoms with Crippen molar-refractivity contribution in [1.29, 1.82) is 0 Å². The minimum absolute atomic E-state index is 0.122. The molecule has 0 bridgehead atoms. The van der Waals surface area contributed by atoms with Gasteiger partial charge in [0.05, 0.1) is 28.3 Å². The number of methoxy groups -OCH3 is 1. The zero-order valence-electron chi connectivity index (χ0n) is 13.9. The average Bonchev–Trinajstić information content (AvgIpc) is 2.57. The molecule has 0 saturated heterocycles. The Kier molecular flexibility index (Phi) is 5.97. The lowest BCUT2D eigenvalue weighted by Gasteiger charge is -2.17. The van der Waals surface area contributed by atoms with Crippen LogP contribution in [0.4, 0.5) is 11.4 Å². The van der Waals surface area contributed by atoms with Crippen LogP contribution < -0.4 is 14.8 Å². The fraction of sp³-hybridized carbons (Fsp3) is 0.235. The molecule has 2 rings (SSSR count). The number of amides is 1. The maximum atomic E-state index is 12.3. The molecule has 8 heteroatoms. The summed E-state index contributed by atoms with van der Waals surface area (Å²) in [5, 5.41) is 13.5. The van der Waals surface area contributed by atoms with Crippen molar-refractivity contribution < 1.29 is 19.2 Å². The Morgan fingerprint density at radius 3 is 2.56 bits per heavy atom. The summed E-state index contributed by atoms with van der Waals surface area (Å²) in [6.45, 7) is 3.56. The van der Waals surface area contributed by atoms with Crippen LogP contribution in [0.2, 0.25) is 0 Å². The second-order valence-corrected chi connectivity index (χ2v) is 6.18. The number of carbonyl (C=O) groups excluding carboxylic acids is 1. The SMILES string of the molecule is COc1cc([N+](=O)[O-])ccc1NC(=O)[C@@H](C)Oc1ccc(C)cc1Br. The van der Waals surface area contributed by atoms with E-state index in [-0.39, 0.29) is 11.4 Å². The number of nitro benzene ring substituents is 1. The first-order chi connectivity index (χ1) is 11.8. The number of hydrogen-bond donors (Lipinski definition) is 1. The third-order valence-corrected chi connectivity index (χ3v) is 4.03. The summed E-state index contributed by atoms with van der Waals surface area (Å²) in [5.74, 6) is 0.342. The van der Waals surface area contributed by atoms with Gasteiger partial charge in [-0.15, -0.1) is 0 Å². The molecular formula is C17H17BrN2O5. The fourth-order valence-corrected chi connectivity index (χ4v) is 2.66. The number of rotatable bonds is 6. The highest BCUT2D eigenvalue weighted by Crippen LogP contribution is 2.30. The number of ether oxygens (including phenoxy) is 2. The van der Waals surface area contributed by atoms with Crippen LogP contribution >= 0.6 is 15.9 Å². The molecule has 0 saturated carbocycles. The van der Waals surface area contributed by atoms with Gasteiger partial charge in [-0.2, -0.15) is 0 Å². The maximum Gasteiger partial charge on any atom is 0.273 e. The first kappa shape index (κ1) is 18.7. The van der Waals surface area contributed by atoms with Gasteiger partial charge in [-0.1, -0.05) is 6.07 Å². The van der Waals surface area contributed by atoms with E-state index < -0.39 is 16.9 Å². The quantitative estimate of drug-likeness (QED) is 0.574. The summed E-state index contributed by atoms with van der Waals surface area (Å²) in [6.07, 6.45) is -0.779. The number of benzene rings is 2. The Morgan fingerprint density at radius 2 is 1.96 bits per heavy atom. The van der Waals surface area contributed by atoms with E-state index in [1.54, 1.807) is 13.0 Å². The number of anilines is 1. The van der Waals surface area contributed by atoms with Crippen LogP contribution in [-0.4, -0.2) is 24.0 Å². The summed E-state index contributed by atoms with van der Waals surface area (Å²) >= 11 is 3.40. The fourth-order valence-electron chi connectivity index (χ4n) is 2.08. The number of nitrogens with zero attached hydrogens (tertiary/aromatic N) is 1. The maximum absolute atomic E-state index is 12.3. The van der Waals surface area contributed by atoms with Gasteiger partial charge in [-0.3, -0.25) is 14.9 Å². The molecule has 0 aliphatic carbocycles. The number of hydrogen-bond acceptors (Lipinski definition) is 5. The Bertz CT molecular complexity index is 810. The van der Waals surface area contributed by atoms with Crippen LogP contribution in [0, 0.1) is 17.0 Å². The van der Waals surface area contributed by atoms with Crippen molar-refractivity contribution in [2.24, 2.45) is 0 Å². The van der Waals surface area contributed by atoms with E-state index in [0.717, 1.165) is 10.0 Å². The normalized spacial score (nSPS) is 11.5. The van der Waals surface area contributed by atoms with Crippen molar-refractivity contribution >= 4 is 33.2 Å². The van der Waals surface area contributed by atoms with Gasteiger partial charge in [0, 0.05) is 6.07 Å². The monoisotopic (exact) mass is 408 g/mol. The highest BCUT2D eigenvalue weighted by Gasteiger charge is 2.19. The predicted molar refractivity (Wildman–Crippen MR) is 97.2 cm³/mol. The number of non-ortho nitro benzene ring substituents is 1. The molecule has 1 atom stereocenters. The summed E-state index contributed by atoms with van der Waals surface area (Å²) in [7, 11) is 1.37. The highest BCUT2D eigenvalue weighted by atomic mass is 79.9. The molecule has 2 aromatic rings. The summed E-state index contributed by atoms with van der Waals surface area (Å²) in [5.41, 5.74) is 1.27. The molecule has 132 valence electrons. The second kappa shape index (κ2) is 7.98. The van der Waals surface area contributed by atoms with Gasteiger partial charge in [-0.25, -0.2) is 0 Å². The van der Waals surface area contributed by atoms with Crippen LogP contribution in [0.15, 0.2) is 40.9 Å². The molecule has 0 heterocycles. The van der Waals surface area contributed by atoms with Crippen LogP contribution in [0.25, 0.3) is 0 Å². The van der Waals surface area contributed by atoms with E-state index in [0.29, 0.717) is 11.4 Å². The van der Waals surface area contributed by atoms with E-state index in [1.165, 1.54) is 25.3 Å². The number of carbonyl (C=O) groups is 1. The van der Waals surface area contributed by atoms with Crippen molar-refractivity contribution in [2.45, 2.75) is 20.0 Å². The number of nitro groups is 1. The van der Waals surface area contributed by atoms with Crippen LogP contribution in [0.3, 0.4) is 0 Å². The lowest BCUT2D eigenvalue weighted by atomic mass is 10.2. The third kappa shape index (κ3) is 4.69. The first-order valence-corrected chi connectivity index (χ1v) is 8.17. The Labute approximate surface area is 153 Å². The van der Waals surface area contributed by atoms with Crippen molar-refractivity contribution in [2.75, 3.05) is 12.4 Å². The highest BCUT2D eigenvalue weighted by molar-refractivity contribution is 9.10. The molecule has 0 spiro atoms. The molecule has 25 heavy (non-hydrogen) atoms. The molecule has 0 aliphatic rings. The van der Waals surface area contributed by atoms with E-state index in [4.69, 9.17) is 9.47 Å². The summed E-state index contributed by atoms with van der Waals surface area (Å²) in [6, 6.07) is 9.50. The van der Waals surface area contributed by atoms with Gasteiger partial charge >= 0.3 is 0 Å². The van der Waals surface area contributed by atoms with Gasteiger partial charge in [0.1, 0.15) is 11.5 Å². The molecule has 0 fully saturated rings. The zero-order chi connectivity index (χ0) is 18.6. The van der Waals surface area contributed by atoms with Crippen molar-refractivity contribution in [3.05, 3.63) is 56.5 Å². The van der Waals surface area contributed by atoms with E-state index in [9.17, 15) is 14.9 Å². The van der Waals surface area contributed by atoms with Crippen molar-refractivity contribution in [1.82, 2.24) is 0 Å². The summed E-state index contributed by atoms with van der Waals surface area (Å²) in [4.78, 5) is 22.6. The smallest absolute Gasteiger partial charge is 0.273 e. The largest absolute Gasteiger partial charge is 0.494 e. The van der Waals surface area contributed by atoms with Crippen molar-refractivity contribution in [3.8, 4) is 11.5 Å². The lowest BCUT2D eigenvalue weighted by molar-refractivity contribution is -0.384. The van der Waals surface area contributed by atoms with E-state index >= 15 is 0 Å². The molecule has 0 aliphatic heterocycles. The Morgan fingerprint density at radius 1 is 1.24 bits per heavy atom. The number of aryl methyl sites for hydroxylation is 1. The molecule has 2 aromatic carbocycles. The van der Waals surface area contributed by atoms with Gasteiger partial charge in [0.25, 0.3) is 11.6 Å². The molecule has 0 radical (unpaired) electrons. The van der Waals surface area contributed by atoms with Gasteiger partial charge in [0.15, 0.2) is 6.10 Å². The topological polar surface area (TPSA) is 90.7 Å². The first-order valence-electron chi connectivity index (χ1n) is 7.38. The number of nitrogens with one attached hydrogen (secondary N) is 1. The predicted octanol–water partition coefficient (Wildman–Crippen LogP) is 4.08. The van der Waals surface area contributed by atoms with Crippen molar-refractivity contribution in [3.63, 3.8) is 0 Å². The lowest BCUT2D eigenvalue weighted by Crippen LogP contribution is -2.30. The molecule has 1 amide bonds. The molecule has 0 unspecified atom stereocenters. The Balaban J connectivity index is 2.11. The van der Waals surface area contributed by atoms with Crippen LogP contribution in [-0.2, 0) is 4.79 Å².